The van der Waals surface area contributed by atoms with Gasteiger partial charge in [-0.3, -0.25) is 24.4 Å². The third-order valence-electron chi connectivity index (χ3n) is 15.7. The second-order valence-corrected chi connectivity index (χ2v) is 20.2. The number of hydrogen-bond donors (Lipinski definition) is 8. The lowest BCUT2D eigenvalue weighted by molar-refractivity contribution is -0.245. The number of benzene rings is 6. The number of nitrogens with zero attached hydrogens (tertiary/aromatic N) is 6. The number of aliphatic hydroxyl groups excluding tert-OH is 2. The van der Waals surface area contributed by atoms with Crippen molar-refractivity contribution in [3.63, 3.8) is 0 Å². The molecule has 8 N–H and O–H groups in total. The minimum Gasteiger partial charge on any atom is -0.507 e. The molecule has 0 saturated carbocycles. The lowest BCUT2D eigenvalue weighted by Gasteiger charge is -2.43. The van der Waals surface area contributed by atoms with Crippen molar-refractivity contribution in [2.24, 2.45) is 0 Å². The topological polar surface area (TPSA) is 301 Å². The van der Waals surface area contributed by atoms with Gasteiger partial charge in [-0.2, -0.15) is 0 Å². The maximum absolute atomic E-state index is 14.3. The van der Waals surface area contributed by atoms with Gasteiger partial charge in [0.2, 0.25) is 5.78 Å². The van der Waals surface area contributed by atoms with Gasteiger partial charge in [0.15, 0.2) is 41.2 Å². The van der Waals surface area contributed by atoms with E-state index >= 15 is 0 Å². The minimum absolute atomic E-state index is 0.0664. The molecule has 2 aliphatic carbocycles. The molecular formula is C59H47AlClN9O11. The summed E-state index contributed by atoms with van der Waals surface area (Å²) < 4.78 is 18.3. The van der Waals surface area contributed by atoms with E-state index < -0.39 is 95.7 Å². The van der Waals surface area contributed by atoms with Crippen LogP contribution in [0.25, 0.3) is 89.7 Å². The molecule has 404 valence electrons. The number of aromatic nitrogens is 8. The van der Waals surface area contributed by atoms with Gasteiger partial charge in [-0.05, 0) is 19.1 Å². The van der Waals surface area contributed by atoms with Crippen molar-refractivity contribution < 1.29 is 54.1 Å². The summed E-state index contributed by atoms with van der Waals surface area (Å²) in [6.07, 6.45) is -6.10. The number of H-pyrrole nitrogens is 2. The van der Waals surface area contributed by atoms with Crippen LogP contribution in [0.1, 0.15) is 68.8 Å². The van der Waals surface area contributed by atoms with E-state index in [-0.39, 0.29) is 34.4 Å². The summed E-state index contributed by atoms with van der Waals surface area (Å²) in [5.74, 6) is -2.36. The van der Waals surface area contributed by atoms with E-state index in [1.54, 1.807) is 6.92 Å². The zero-order chi connectivity index (χ0) is 56.2. The molecule has 1 saturated heterocycles. The molecule has 6 heterocycles. The number of phenolic OH excluding ortho intramolecular Hbond substituents is 2. The fraction of sp³-hybridized carbons (Fsp3) is 0.203. The first kappa shape index (κ1) is 51.9. The number of carbonyl (C=O) groups is 3. The monoisotopic (exact) mass is 1120 g/mol. The molecule has 0 amide bonds. The van der Waals surface area contributed by atoms with Gasteiger partial charge in [0.25, 0.3) is 0 Å². The third-order valence-corrected chi connectivity index (χ3v) is 15.7. The molecule has 0 radical (unpaired) electrons. The zero-order valence-corrected chi connectivity index (χ0v) is 46.1. The Morgan fingerprint density at radius 1 is 0.704 bits per heavy atom. The van der Waals surface area contributed by atoms with Crippen LogP contribution in [0.15, 0.2) is 109 Å². The van der Waals surface area contributed by atoms with Gasteiger partial charge in [0, 0.05) is 80.1 Å². The molecular weight excluding hydrogens is 1070 g/mol. The minimum atomic E-state index is -2.37. The fourth-order valence-electron chi connectivity index (χ4n) is 11.9. The van der Waals surface area contributed by atoms with Crippen molar-refractivity contribution in [2.75, 3.05) is 19.0 Å². The molecule has 5 aliphatic rings. The highest BCUT2D eigenvalue weighted by Crippen LogP contribution is 2.53. The van der Waals surface area contributed by atoms with Crippen molar-refractivity contribution in [3.05, 3.63) is 143 Å². The van der Waals surface area contributed by atoms with E-state index in [0.29, 0.717) is 62.3 Å². The Labute approximate surface area is 471 Å². The normalized spacial score (nSPS) is 20.5. The molecule has 3 aromatic heterocycles. The number of aromatic hydroxyl groups is 2. The number of rotatable bonds is 7. The number of carbonyl (C=O) groups excluding carboxylic acids is 3. The quantitative estimate of drug-likeness (QED) is 0.0582. The number of aliphatic hydroxyl groups is 3. The largest absolute Gasteiger partial charge is 0.507 e. The number of aromatic amines is 2. The summed E-state index contributed by atoms with van der Waals surface area (Å²) in [4.78, 5) is 79.3. The third kappa shape index (κ3) is 8.26. The number of ketones is 3. The van der Waals surface area contributed by atoms with Crippen molar-refractivity contribution >= 4 is 92.6 Å². The average molecular weight is 1120 g/mol. The molecule has 8 bridgehead atoms. The first-order chi connectivity index (χ1) is 39.3. The Kier molecular flexibility index (Phi) is 12.8. The second kappa shape index (κ2) is 19.9. The van der Waals surface area contributed by atoms with Crippen LogP contribution in [0.3, 0.4) is 0 Å². The van der Waals surface area contributed by atoms with Gasteiger partial charge in [0.1, 0.15) is 58.1 Å². The molecule has 22 heteroatoms. The Bertz CT molecular complexity index is 4360. The molecule has 14 rings (SSSR count). The number of phenols is 2. The first-order valence-corrected chi connectivity index (χ1v) is 28.9. The number of methoxy groups -OCH3 is 1. The lowest BCUT2D eigenvalue weighted by Crippen LogP contribution is -2.52. The molecule has 4 unspecified atom stereocenters. The number of Topliss-reactive ketones (excluding diaryl/α,β-unsaturated/α-hetero) is 1. The summed E-state index contributed by atoms with van der Waals surface area (Å²) in [5.41, 5.74) is 1.45. The highest BCUT2D eigenvalue weighted by atomic mass is 35.6. The SMILES string of the molecule is COc1cccc2c1C(=O)c1c(O)c3c(c(O)c1C2=O)C[C@@](O)(C(=O)CO)C[C@@H]3OC1CC(Nc2cccc3c4nc5nc(nc6[nH]c(nc7nc(nc([nH]4)c23)-c2ccccc2-7)c2ccccc62)-c2ccccc2-5)C(O)C(C)O1.[AlH2][Cl]. The Hall–Kier alpha value is -8.49. The number of nitrogens with one attached hydrogen (secondary N) is 3. The summed E-state index contributed by atoms with van der Waals surface area (Å²) in [7, 11) is 6.11. The number of hydrogen-bond acceptors (Lipinski definition) is 18. The Morgan fingerprint density at radius 3 is 1.81 bits per heavy atom. The van der Waals surface area contributed by atoms with Crippen LogP contribution >= 0.6 is 10.0 Å². The summed E-state index contributed by atoms with van der Waals surface area (Å²) in [6.45, 7) is 0.555. The number of fused-ring (bicyclic) bond motifs is 23. The summed E-state index contributed by atoms with van der Waals surface area (Å²) >= 11 is 0.778. The molecule has 20 nitrogen and oxygen atoms in total. The average Bonchev–Trinajstić information content (AvgIpc) is 4.36. The predicted molar refractivity (Wildman–Crippen MR) is 302 cm³/mol. The van der Waals surface area contributed by atoms with Gasteiger partial charge < -0.3 is 55.0 Å². The number of halogens is 1. The van der Waals surface area contributed by atoms with Crippen molar-refractivity contribution in [3.8, 4) is 62.8 Å². The Balaban J connectivity index is 0.00000306. The predicted octanol–water partition coefficient (Wildman–Crippen LogP) is 7.11. The van der Waals surface area contributed by atoms with Crippen LogP contribution in [0.2, 0.25) is 0 Å². The van der Waals surface area contributed by atoms with Gasteiger partial charge in [-0.15, -0.1) is 0 Å². The van der Waals surface area contributed by atoms with Crippen molar-refractivity contribution in [1.82, 2.24) is 39.9 Å². The van der Waals surface area contributed by atoms with E-state index in [4.69, 9.17) is 54.2 Å². The molecule has 6 atom stereocenters. The van der Waals surface area contributed by atoms with Crippen LogP contribution in [0.4, 0.5) is 5.69 Å². The molecule has 3 aliphatic heterocycles. The molecule has 81 heavy (non-hydrogen) atoms. The van der Waals surface area contributed by atoms with Crippen LogP contribution in [0, 0.1) is 0 Å². The standard InChI is InChI=1S/C59H45N9O11.Al.ClH.2H/c1-25-46(71)36(21-40(78-25)79-38-23-59(76,39(70)24-69)22-34-43(38)50(75)45-44(48(34)73)47(72)32-17-10-20-37(77-2)42(32)49(45)74)60-35-19-9-18-33-41(35)58-67-56-31-16-8-7-15-30(31)54(65-56)63-52-27-12-4-3-11-26(27)51(61-52)62-53-28-13-5-6-14-29(28)55(64-53)66-57(33)68-58;;;;/h3-20,25,36,38,40,46,60,69,71,73,75-76H,21-24H2,1-2H3,(H2,61,62,63,64,65,66,67,68);;1H;;/q;+1;;;/p-1/t25?,36?,38-,40?,46?,59-;;;;/m0..../s1. The zero-order valence-electron chi connectivity index (χ0n) is 43.4. The molecule has 0 spiro atoms. The van der Waals surface area contributed by atoms with E-state index in [2.05, 4.69) is 15.3 Å². The van der Waals surface area contributed by atoms with Crippen LogP contribution < -0.4 is 10.1 Å². The van der Waals surface area contributed by atoms with E-state index in [9.17, 15) is 39.9 Å². The maximum Gasteiger partial charge on any atom is 0.353 e. The smallest absolute Gasteiger partial charge is 0.353 e. The van der Waals surface area contributed by atoms with Gasteiger partial charge in [-0.25, -0.2) is 29.9 Å². The number of ether oxygens (including phenoxy) is 3. The van der Waals surface area contributed by atoms with Crippen LogP contribution in [-0.4, -0.2) is 142 Å². The highest BCUT2D eigenvalue weighted by Gasteiger charge is 2.50. The van der Waals surface area contributed by atoms with E-state index in [1.807, 2.05) is 91.0 Å². The summed E-state index contributed by atoms with van der Waals surface area (Å²) in [5, 5.41) is 64.5. The maximum atomic E-state index is 14.3. The van der Waals surface area contributed by atoms with Crippen LogP contribution in [-0.2, 0) is 20.7 Å². The molecule has 9 aromatic rings. The Morgan fingerprint density at radius 2 is 1.22 bits per heavy atom. The van der Waals surface area contributed by atoms with Crippen molar-refractivity contribution in [2.45, 2.75) is 62.4 Å². The van der Waals surface area contributed by atoms with E-state index in [0.717, 1.165) is 48.4 Å². The first-order valence-electron chi connectivity index (χ1n) is 25.9. The molecule has 6 aromatic carbocycles. The lowest BCUT2D eigenvalue weighted by atomic mass is 9.72. The van der Waals surface area contributed by atoms with Crippen molar-refractivity contribution in [1.29, 1.82) is 0 Å². The fourth-order valence-corrected chi connectivity index (χ4v) is 11.9. The second-order valence-electron chi connectivity index (χ2n) is 20.2. The highest BCUT2D eigenvalue weighted by molar-refractivity contribution is 6.80. The molecule has 1 fully saturated rings. The van der Waals surface area contributed by atoms with E-state index in [1.165, 1.54) is 25.3 Å². The van der Waals surface area contributed by atoms with Gasteiger partial charge in [-0.1, -0.05) is 97.1 Å². The van der Waals surface area contributed by atoms with Crippen LogP contribution in [0.5, 0.6) is 17.2 Å². The number of anilines is 1. The van der Waals surface area contributed by atoms with Gasteiger partial charge >= 0.3 is 15.4 Å². The van der Waals surface area contributed by atoms with Gasteiger partial charge in [0.05, 0.1) is 47.4 Å². The summed E-state index contributed by atoms with van der Waals surface area (Å²) in [6, 6.07) is 32.3.